The van der Waals surface area contributed by atoms with Crippen LogP contribution in [0, 0.1) is 0 Å². The van der Waals surface area contributed by atoms with E-state index in [2.05, 4.69) is 152 Å². The molecule has 0 aliphatic heterocycles. The van der Waals surface area contributed by atoms with E-state index in [1.807, 2.05) is 36.4 Å². The highest BCUT2D eigenvalue weighted by atomic mass is 15.0. The largest absolute Gasteiger partial charge is 0.208 e. The average molecular weight is 638 g/mol. The summed E-state index contributed by atoms with van der Waals surface area (Å²) in [5, 5.41) is 4.72. The molecular formula is C47H31N3. The molecule has 50 heavy (non-hydrogen) atoms. The molecule has 0 saturated heterocycles. The molecule has 9 aromatic rings. The second-order valence-electron chi connectivity index (χ2n) is 12.4. The molecule has 234 valence electrons. The molecule has 0 radical (unpaired) electrons. The monoisotopic (exact) mass is 637 g/mol. The van der Waals surface area contributed by atoms with E-state index in [1.165, 1.54) is 33.0 Å². The van der Waals surface area contributed by atoms with E-state index in [0.717, 1.165) is 38.6 Å². The molecule has 0 aliphatic carbocycles. The number of benzene rings is 8. The smallest absolute Gasteiger partial charge is 0.164 e. The number of rotatable bonds is 6. The van der Waals surface area contributed by atoms with Gasteiger partial charge in [-0.2, -0.15) is 0 Å². The van der Waals surface area contributed by atoms with E-state index in [0.29, 0.717) is 17.5 Å². The molecule has 0 fully saturated rings. The Bertz CT molecular complexity index is 2620. The lowest BCUT2D eigenvalue weighted by molar-refractivity contribution is 1.08. The van der Waals surface area contributed by atoms with Gasteiger partial charge in [-0.05, 0) is 61.0 Å². The molecular weight excluding hydrogens is 607 g/mol. The van der Waals surface area contributed by atoms with Crippen molar-refractivity contribution in [3.63, 3.8) is 0 Å². The van der Waals surface area contributed by atoms with Gasteiger partial charge in [0.15, 0.2) is 17.5 Å². The summed E-state index contributed by atoms with van der Waals surface area (Å²) in [5.41, 5.74) is 9.95. The summed E-state index contributed by atoms with van der Waals surface area (Å²) < 4.78 is 0. The first-order valence-electron chi connectivity index (χ1n) is 16.9. The zero-order valence-corrected chi connectivity index (χ0v) is 27.2. The fourth-order valence-electron chi connectivity index (χ4n) is 6.86. The molecule has 0 saturated carbocycles. The van der Waals surface area contributed by atoms with Crippen molar-refractivity contribution in [1.29, 1.82) is 0 Å². The van der Waals surface area contributed by atoms with Gasteiger partial charge in [0, 0.05) is 16.7 Å². The molecule has 0 N–H and O–H groups in total. The third-order valence-electron chi connectivity index (χ3n) is 9.36. The Balaban J connectivity index is 1.16. The van der Waals surface area contributed by atoms with E-state index < -0.39 is 0 Å². The van der Waals surface area contributed by atoms with Crippen molar-refractivity contribution in [2.75, 3.05) is 0 Å². The minimum atomic E-state index is 0.639. The Hall–Kier alpha value is -6.71. The summed E-state index contributed by atoms with van der Waals surface area (Å²) in [4.78, 5) is 15.2. The van der Waals surface area contributed by atoms with Gasteiger partial charge < -0.3 is 0 Å². The minimum absolute atomic E-state index is 0.639. The SMILES string of the molecule is c1ccc(-c2cccc(-c3ccc(-c4nc(-c5ccccc5)nc(-c5cccc6c(-c7cccc8ccccc78)cccc56)n4)cc3)c2)cc1. The van der Waals surface area contributed by atoms with Gasteiger partial charge in [-0.1, -0.05) is 182 Å². The average Bonchev–Trinajstić information content (AvgIpc) is 3.21. The van der Waals surface area contributed by atoms with Crippen molar-refractivity contribution in [3.05, 3.63) is 188 Å². The third-order valence-corrected chi connectivity index (χ3v) is 9.36. The summed E-state index contributed by atoms with van der Waals surface area (Å²) in [6.07, 6.45) is 0. The number of hydrogen-bond acceptors (Lipinski definition) is 3. The molecule has 9 rings (SSSR count). The van der Waals surface area contributed by atoms with E-state index in [9.17, 15) is 0 Å². The Morgan fingerprint density at radius 1 is 0.240 bits per heavy atom. The number of nitrogens with zero attached hydrogens (tertiary/aromatic N) is 3. The Morgan fingerprint density at radius 2 is 0.640 bits per heavy atom. The Kier molecular flexibility index (Phi) is 7.49. The predicted molar refractivity (Wildman–Crippen MR) is 207 cm³/mol. The fourth-order valence-corrected chi connectivity index (χ4v) is 6.86. The van der Waals surface area contributed by atoms with Crippen molar-refractivity contribution in [1.82, 2.24) is 15.0 Å². The van der Waals surface area contributed by atoms with Crippen LogP contribution < -0.4 is 0 Å². The molecule has 3 heteroatoms. The normalized spacial score (nSPS) is 11.2. The van der Waals surface area contributed by atoms with Crippen molar-refractivity contribution < 1.29 is 0 Å². The zero-order valence-electron chi connectivity index (χ0n) is 27.2. The van der Waals surface area contributed by atoms with Crippen LogP contribution in [0.1, 0.15) is 0 Å². The van der Waals surface area contributed by atoms with Crippen LogP contribution in [-0.2, 0) is 0 Å². The van der Waals surface area contributed by atoms with Gasteiger partial charge in [0.1, 0.15) is 0 Å². The summed E-state index contributed by atoms with van der Waals surface area (Å²) >= 11 is 0. The van der Waals surface area contributed by atoms with Crippen LogP contribution in [0.3, 0.4) is 0 Å². The molecule has 0 aliphatic rings. The minimum Gasteiger partial charge on any atom is -0.208 e. The predicted octanol–water partition coefficient (Wildman–Crippen LogP) is 12.2. The van der Waals surface area contributed by atoms with Crippen LogP contribution in [0.15, 0.2) is 188 Å². The maximum atomic E-state index is 5.14. The van der Waals surface area contributed by atoms with E-state index in [4.69, 9.17) is 15.0 Å². The van der Waals surface area contributed by atoms with Crippen LogP contribution in [0.2, 0.25) is 0 Å². The lowest BCUT2D eigenvalue weighted by atomic mass is 9.92. The number of fused-ring (bicyclic) bond motifs is 2. The van der Waals surface area contributed by atoms with Crippen LogP contribution in [0.5, 0.6) is 0 Å². The number of aromatic nitrogens is 3. The van der Waals surface area contributed by atoms with Gasteiger partial charge in [-0.25, -0.2) is 15.0 Å². The molecule has 0 atom stereocenters. The quantitative estimate of drug-likeness (QED) is 0.182. The second kappa shape index (κ2) is 12.7. The first-order valence-corrected chi connectivity index (χ1v) is 16.9. The van der Waals surface area contributed by atoms with Crippen LogP contribution in [0.25, 0.3) is 89.1 Å². The van der Waals surface area contributed by atoms with Gasteiger partial charge in [0.25, 0.3) is 0 Å². The second-order valence-corrected chi connectivity index (χ2v) is 12.4. The van der Waals surface area contributed by atoms with Gasteiger partial charge in [-0.3, -0.25) is 0 Å². The molecule has 0 unspecified atom stereocenters. The third kappa shape index (κ3) is 5.51. The fraction of sp³-hybridized carbons (Fsp3) is 0. The van der Waals surface area contributed by atoms with E-state index >= 15 is 0 Å². The first kappa shape index (κ1) is 29.4. The van der Waals surface area contributed by atoms with Crippen LogP contribution >= 0.6 is 0 Å². The molecule has 1 aromatic heterocycles. The maximum Gasteiger partial charge on any atom is 0.164 e. The van der Waals surface area contributed by atoms with Crippen LogP contribution in [-0.4, -0.2) is 15.0 Å². The van der Waals surface area contributed by atoms with E-state index in [1.54, 1.807) is 0 Å². The highest BCUT2D eigenvalue weighted by Gasteiger charge is 2.16. The molecule has 0 amide bonds. The Morgan fingerprint density at radius 3 is 1.34 bits per heavy atom. The van der Waals surface area contributed by atoms with Crippen molar-refractivity contribution in [2.24, 2.45) is 0 Å². The molecule has 8 aromatic carbocycles. The molecule has 0 spiro atoms. The van der Waals surface area contributed by atoms with Gasteiger partial charge in [0.2, 0.25) is 0 Å². The van der Waals surface area contributed by atoms with Gasteiger partial charge in [-0.15, -0.1) is 0 Å². The lowest BCUT2D eigenvalue weighted by Gasteiger charge is -2.14. The van der Waals surface area contributed by atoms with Gasteiger partial charge in [0.05, 0.1) is 0 Å². The first-order chi connectivity index (χ1) is 24.8. The number of hydrogen-bond donors (Lipinski definition) is 0. The Labute approximate surface area is 291 Å². The molecule has 0 bridgehead atoms. The summed E-state index contributed by atoms with van der Waals surface area (Å²) in [6, 6.07) is 65.8. The van der Waals surface area contributed by atoms with Crippen molar-refractivity contribution in [2.45, 2.75) is 0 Å². The molecule has 3 nitrogen and oxygen atoms in total. The highest BCUT2D eigenvalue weighted by molar-refractivity contribution is 6.08. The lowest BCUT2D eigenvalue weighted by Crippen LogP contribution is -2.00. The maximum absolute atomic E-state index is 5.14. The van der Waals surface area contributed by atoms with Gasteiger partial charge >= 0.3 is 0 Å². The van der Waals surface area contributed by atoms with E-state index in [-0.39, 0.29) is 0 Å². The van der Waals surface area contributed by atoms with Crippen molar-refractivity contribution >= 4 is 21.5 Å². The standard InChI is InChI=1S/C47H31N3/c1-3-13-32(14-4-1)37-19-9-20-38(31-37)33-27-29-36(30-28-33)46-48-45(35-16-5-2-6-17-35)49-47(50-46)44-26-12-24-42-41(23-11-25-43(42)44)40-22-10-18-34-15-7-8-21-39(34)40/h1-31H. The molecule has 1 heterocycles. The van der Waals surface area contributed by atoms with Crippen molar-refractivity contribution in [3.8, 4) is 67.5 Å². The summed E-state index contributed by atoms with van der Waals surface area (Å²) in [7, 11) is 0. The highest BCUT2D eigenvalue weighted by Crippen LogP contribution is 2.38. The summed E-state index contributed by atoms with van der Waals surface area (Å²) in [5.74, 6) is 1.93. The van der Waals surface area contributed by atoms with Crippen LogP contribution in [0.4, 0.5) is 0 Å². The topological polar surface area (TPSA) is 38.7 Å². The summed E-state index contributed by atoms with van der Waals surface area (Å²) in [6.45, 7) is 0. The zero-order chi connectivity index (χ0) is 33.3.